The van der Waals surface area contributed by atoms with Crippen LogP contribution in [0.2, 0.25) is 0 Å². The summed E-state index contributed by atoms with van der Waals surface area (Å²) in [5, 5.41) is 0. The van der Waals surface area contributed by atoms with E-state index in [0.29, 0.717) is 17.5 Å². The van der Waals surface area contributed by atoms with Crippen molar-refractivity contribution in [2.75, 3.05) is 26.8 Å². The third-order valence-corrected chi connectivity index (χ3v) is 6.07. The molecule has 1 atom stereocenters. The molecule has 2 aliphatic rings. The second-order valence-corrected chi connectivity index (χ2v) is 8.29. The van der Waals surface area contributed by atoms with Crippen LogP contribution in [0.4, 0.5) is 0 Å². The van der Waals surface area contributed by atoms with Crippen LogP contribution in [0.15, 0.2) is 0 Å². The Labute approximate surface area is 131 Å². The molecule has 0 aromatic rings. The maximum absolute atomic E-state index is 6.16. The first kappa shape index (κ1) is 17.2. The molecule has 21 heavy (non-hydrogen) atoms. The predicted molar refractivity (Wildman–Crippen MR) is 89.3 cm³/mol. The Morgan fingerprint density at radius 1 is 1.05 bits per heavy atom. The van der Waals surface area contributed by atoms with E-state index < -0.39 is 0 Å². The van der Waals surface area contributed by atoms with E-state index in [9.17, 15) is 0 Å². The molecule has 1 heterocycles. The summed E-state index contributed by atoms with van der Waals surface area (Å²) in [6.07, 6.45) is 7.82. The van der Waals surface area contributed by atoms with Crippen molar-refractivity contribution < 1.29 is 4.74 Å². The Morgan fingerprint density at radius 3 is 2.10 bits per heavy atom. The molecule has 0 aromatic carbocycles. The number of rotatable bonds is 4. The summed E-state index contributed by atoms with van der Waals surface area (Å²) >= 11 is 0. The van der Waals surface area contributed by atoms with Gasteiger partial charge in [0.15, 0.2) is 0 Å². The molecule has 1 saturated heterocycles. The van der Waals surface area contributed by atoms with Crippen LogP contribution in [0.3, 0.4) is 0 Å². The first-order chi connectivity index (χ1) is 9.93. The molecule has 0 amide bonds. The predicted octanol–water partition coefficient (Wildman–Crippen LogP) is 3.28. The largest absolute Gasteiger partial charge is 0.381 e. The van der Waals surface area contributed by atoms with Gasteiger partial charge in [0, 0.05) is 31.8 Å². The fourth-order valence-corrected chi connectivity index (χ4v) is 4.42. The molecule has 1 aliphatic carbocycles. The van der Waals surface area contributed by atoms with Crippen molar-refractivity contribution in [3.8, 4) is 0 Å². The fraction of sp³-hybridized carbons (Fsp3) is 1.00. The number of nitrogens with zero attached hydrogens (tertiary/aromatic N) is 1. The minimum absolute atomic E-state index is 0.468. The zero-order valence-corrected chi connectivity index (χ0v) is 14.6. The molecule has 1 aliphatic heterocycles. The van der Waals surface area contributed by atoms with Gasteiger partial charge in [-0.25, -0.2) is 0 Å². The molecule has 1 saturated carbocycles. The van der Waals surface area contributed by atoms with Crippen LogP contribution in [0.25, 0.3) is 0 Å². The highest BCUT2D eigenvalue weighted by Gasteiger charge is 2.35. The molecular weight excluding hydrogens is 260 g/mol. The standard InChI is InChI=1S/C18H36N2O/c1-18(2,3)15-7-5-14(6-8-15)17(13-19)20(4)16-9-11-21-12-10-16/h14-17H,5-13,19H2,1-4H3. The summed E-state index contributed by atoms with van der Waals surface area (Å²) in [6, 6.07) is 1.24. The molecule has 2 fully saturated rings. The quantitative estimate of drug-likeness (QED) is 0.865. The van der Waals surface area contributed by atoms with Gasteiger partial charge in [0.25, 0.3) is 0 Å². The molecule has 124 valence electrons. The van der Waals surface area contributed by atoms with E-state index in [0.717, 1.165) is 31.6 Å². The average Bonchev–Trinajstić information content (AvgIpc) is 2.48. The summed E-state index contributed by atoms with van der Waals surface area (Å²) in [4.78, 5) is 2.59. The molecule has 2 N–H and O–H groups in total. The molecule has 0 spiro atoms. The highest BCUT2D eigenvalue weighted by Crippen LogP contribution is 2.41. The summed E-state index contributed by atoms with van der Waals surface area (Å²) in [5.41, 5.74) is 6.63. The average molecular weight is 296 g/mol. The monoisotopic (exact) mass is 296 g/mol. The van der Waals surface area contributed by atoms with Crippen LogP contribution in [0.5, 0.6) is 0 Å². The number of ether oxygens (including phenoxy) is 1. The molecule has 0 radical (unpaired) electrons. The Balaban J connectivity index is 1.89. The lowest BCUT2D eigenvalue weighted by atomic mass is 9.68. The Kier molecular flexibility index (Phi) is 6.10. The van der Waals surface area contributed by atoms with Crippen LogP contribution in [-0.2, 0) is 4.74 Å². The molecule has 2 rings (SSSR count). The minimum Gasteiger partial charge on any atom is -0.381 e. The van der Waals surface area contributed by atoms with E-state index in [4.69, 9.17) is 10.5 Å². The van der Waals surface area contributed by atoms with Crippen molar-refractivity contribution >= 4 is 0 Å². The second kappa shape index (κ2) is 7.43. The van der Waals surface area contributed by atoms with Gasteiger partial charge in [0.2, 0.25) is 0 Å². The van der Waals surface area contributed by atoms with E-state index in [1.165, 1.54) is 38.5 Å². The van der Waals surface area contributed by atoms with Crippen LogP contribution >= 0.6 is 0 Å². The Morgan fingerprint density at radius 2 is 1.62 bits per heavy atom. The molecule has 3 heteroatoms. The zero-order valence-electron chi connectivity index (χ0n) is 14.6. The summed E-state index contributed by atoms with van der Waals surface area (Å²) in [5.74, 6) is 1.68. The lowest BCUT2D eigenvalue weighted by molar-refractivity contribution is 0.00933. The first-order valence-corrected chi connectivity index (χ1v) is 8.93. The van der Waals surface area contributed by atoms with E-state index >= 15 is 0 Å². The van der Waals surface area contributed by atoms with Gasteiger partial charge in [-0.15, -0.1) is 0 Å². The Bertz CT molecular complexity index is 299. The lowest BCUT2D eigenvalue weighted by Gasteiger charge is -2.44. The molecular formula is C18H36N2O. The Hall–Kier alpha value is -0.120. The van der Waals surface area contributed by atoms with Crippen molar-refractivity contribution in [3.63, 3.8) is 0 Å². The van der Waals surface area contributed by atoms with Gasteiger partial charge >= 0.3 is 0 Å². The van der Waals surface area contributed by atoms with Gasteiger partial charge in [-0.1, -0.05) is 20.8 Å². The highest BCUT2D eigenvalue weighted by atomic mass is 16.5. The number of nitrogens with two attached hydrogens (primary N) is 1. The van der Waals surface area contributed by atoms with Gasteiger partial charge in [-0.05, 0) is 62.8 Å². The van der Waals surface area contributed by atoms with Gasteiger partial charge in [0.05, 0.1) is 0 Å². The second-order valence-electron chi connectivity index (χ2n) is 8.29. The van der Waals surface area contributed by atoms with E-state index in [1.807, 2.05) is 0 Å². The normalized spacial score (nSPS) is 30.6. The third kappa shape index (κ3) is 4.43. The summed E-state index contributed by atoms with van der Waals surface area (Å²) in [7, 11) is 2.30. The van der Waals surface area contributed by atoms with E-state index in [2.05, 4.69) is 32.7 Å². The summed E-state index contributed by atoms with van der Waals surface area (Å²) < 4.78 is 5.50. The van der Waals surface area contributed by atoms with Gasteiger partial charge < -0.3 is 10.5 Å². The topological polar surface area (TPSA) is 38.5 Å². The summed E-state index contributed by atoms with van der Waals surface area (Å²) in [6.45, 7) is 9.83. The maximum Gasteiger partial charge on any atom is 0.0480 e. The lowest BCUT2D eigenvalue weighted by Crippen LogP contribution is -2.50. The molecule has 0 bridgehead atoms. The van der Waals surface area contributed by atoms with Crippen LogP contribution in [0, 0.1) is 17.3 Å². The third-order valence-electron chi connectivity index (χ3n) is 6.07. The van der Waals surface area contributed by atoms with E-state index in [-0.39, 0.29) is 0 Å². The molecule has 0 aromatic heterocycles. The first-order valence-electron chi connectivity index (χ1n) is 8.93. The molecule has 1 unspecified atom stereocenters. The maximum atomic E-state index is 6.16. The number of hydrogen-bond donors (Lipinski definition) is 1. The van der Waals surface area contributed by atoms with Crippen LogP contribution < -0.4 is 5.73 Å². The van der Waals surface area contributed by atoms with Crippen LogP contribution in [0.1, 0.15) is 59.3 Å². The zero-order chi connectivity index (χ0) is 15.5. The van der Waals surface area contributed by atoms with Gasteiger partial charge in [-0.3, -0.25) is 4.90 Å². The smallest absolute Gasteiger partial charge is 0.0480 e. The van der Waals surface area contributed by atoms with Crippen molar-refractivity contribution in [2.24, 2.45) is 23.0 Å². The van der Waals surface area contributed by atoms with Crippen LogP contribution in [-0.4, -0.2) is 43.8 Å². The SMILES string of the molecule is CN(C1CCOCC1)C(CN)C1CCC(C(C)(C)C)CC1. The highest BCUT2D eigenvalue weighted by molar-refractivity contribution is 4.89. The number of hydrogen-bond acceptors (Lipinski definition) is 3. The van der Waals surface area contributed by atoms with Crippen molar-refractivity contribution in [3.05, 3.63) is 0 Å². The van der Waals surface area contributed by atoms with Gasteiger partial charge in [-0.2, -0.15) is 0 Å². The molecule has 3 nitrogen and oxygen atoms in total. The van der Waals surface area contributed by atoms with Crippen molar-refractivity contribution in [1.82, 2.24) is 4.90 Å². The van der Waals surface area contributed by atoms with Crippen molar-refractivity contribution in [2.45, 2.75) is 71.4 Å². The van der Waals surface area contributed by atoms with E-state index in [1.54, 1.807) is 0 Å². The fourth-order valence-electron chi connectivity index (χ4n) is 4.42. The number of likely N-dealkylation sites (N-methyl/N-ethyl adjacent to an activating group) is 1. The van der Waals surface area contributed by atoms with Crippen molar-refractivity contribution in [1.29, 1.82) is 0 Å². The minimum atomic E-state index is 0.468. The van der Waals surface area contributed by atoms with Gasteiger partial charge in [0.1, 0.15) is 0 Å².